The van der Waals surface area contributed by atoms with Crippen LogP contribution in [0.2, 0.25) is 0 Å². The van der Waals surface area contributed by atoms with Crippen LogP contribution in [0.4, 0.5) is 5.69 Å². The third-order valence-corrected chi connectivity index (χ3v) is 3.58. The minimum Gasteiger partial charge on any atom is -0.317 e. The number of non-ortho nitro benzene ring substituents is 1. The van der Waals surface area contributed by atoms with Gasteiger partial charge in [0, 0.05) is 36.0 Å². The van der Waals surface area contributed by atoms with Crippen molar-refractivity contribution in [1.82, 2.24) is 10.3 Å². The predicted molar refractivity (Wildman–Crippen MR) is 76.5 cm³/mol. The molecule has 100 valence electrons. The Kier molecular flexibility index (Phi) is 4.59. The van der Waals surface area contributed by atoms with Crippen LogP contribution in [-0.2, 0) is 6.42 Å². The van der Waals surface area contributed by atoms with Gasteiger partial charge in [-0.2, -0.15) is 0 Å². The summed E-state index contributed by atoms with van der Waals surface area (Å²) in [5.41, 5.74) is 1.69. The van der Waals surface area contributed by atoms with E-state index in [1.807, 2.05) is 11.4 Å². The summed E-state index contributed by atoms with van der Waals surface area (Å²) in [5.74, 6) is 0. The number of likely N-dealkylation sites (N-methyl/N-ethyl adjacent to an activating group) is 1. The largest absolute Gasteiger partial charge is 0.317 e. The Bertz CT molecular complexity index is 569. The molecule has 1 aromatic heterocycles. The maximum atomic E-state index is 10.7. The topological polar surface area (TPSA) is 68.1 Å². The maximum absolute atomic E-state index is 10.7. The number of rotatable bonds is 6. The molecule has 0 fully saturated rings. The number of nitro groups is 1. The van der Waals surface area contributed by atoms with Crippen LogP contribution in [0.1, 0.15) is 11.9 Å². The van der Waals surface area contributed by atoms with Crippen molar-refractivity contribution in [2.75, 3.05) is 13.1 Å². The molecule has 0 saturated heterocycles. The van der Waals surface area contributed by atoms with Crippen LogP contribution in [0.15, 0.2) is 29.6 Å². The van der Waals surface area contributed by atoms with Gasteiger partial charge in [0.15, 0.2) is 0 Å². The molecule has 0 aliphatic rings. The molecule has 0 radical (unpaired) electrons. The molecule has 0 bridgehead atoms. The van der Waals surface area contributed by atoms with Gasteiger partial charge in [0.25, 0.3) is 5.69 Å². The third-order valence-electron chi connectivity index (χ3n) is 2.67. The normalized spacial score (nSPS) is 10.6. The van der Waals surface area contributed by atoms with Crippen molar-refractivity contribution in [2.45, 2.75) is 13.3 Å². The van der Waals surface area contributed by atoms with Crippen molar-refractivity contribution in [2.24, 2.45) is 0 Å². The van der Waals surface area contributed by atoms with Gasteiger partial charge < -0.3 is 5.32 Å². The highest BCUT2D eigenvalue weighted by Crippen LogP contribution is 2.25. The number of thiazole rings is 1. The molecule has 1 N–H and O–H groups in total. The van der Waals surface area contributed by atoms with E-state index in [9.17, 15) is 10.1 Å². The van der Waals surface area contributed by atoms with Gasteiger partial charge in [-0.3, -0.25) is 10.1 Å². The molecule has 0 amide bonds. The van der Waals surface area contributed by atoms with Crippen LogP contribution in [0.3, 0.4) is 0 Å². The fourth-order valence-electron chi connectivity index (χ4n) is 1.71. The lowest BCUT2D eigenvalue weighted by atomic mass is 10.1. The first-order valence-corrected chi connectivity index (χ1v) is 6.98. The van der Waals surface area contributed by atoms with Gasteiger partial charge in [0.05, 0.1) is 15.6 Å². The molecule has 0 aliphatic carbocycles. The van der Waals surface area contributed by atoms with Gasteiger partial charge >= 0.3 is 0 Å². The Balaban J connectivity index is 2.13. The SMILES string of the molecule is CCNCCc1nc(-c2cccc([N+](=O)[O-])c2)cs1. The van der Waals surface area contributed by atoms with Crippen molar-refractivity contribution < 1.29 is 4.92 Å². The summed E-state index contributed by atoms with van der Waals surface area (Å²) in [6.07, 6.45) is 0.882. The van der Waals surface area contributed by atoms with E-state index in [1.165, 1.54) is 6.07 Å². The van der Waals surface area contributed by atoms with E-state index >= 15 is 0 Å². The number of hydrogen-bond donors (Lipinski definition) is 1. The van der Waals surface area contributed by atoms with E-state index in [0.29, 0.717) is 0 Å². The lowest BCUT2D eigenvalue weighted by Gasteiger charge is -1.98. The molecule has 0 atom stereocenters. The van der Waals surface area contributed by atoms with E-state index in [1.54, 1.807) is 23.5 Å². The molecule has 1 heterocycles. The Morgan fingerprint density at radius 1 is 1.47 bits per heavy atom. The third kappa shape index (κ3) is 3.59. The van der Waals surface area contributed by atoms with Crippen molar-refractivity contribution in [1.29, 1.82) is 0 Å². The molecular formula is C13H15N3O2S. The number of aromatic nitrogens is 1. The molecule has 6 heteroatoms. The zero-order valence-corrected chi connectivity index (χ0v) is 11.4. The fourth-order valence-corrected chi connectivity index (χ4v) is 2.52. The molecule has 2 aromatic rings. The average molecular weight is 277 g/mol. The summed E-state index contributed by atoms with van der Waals surface area (Å²) in [4.78, 5) is 14.9. The van der Waals surface area contributed by atoms with Crippen LogP contribution in [0.25, 0.3) is 11.3 Å². The van der Waals surface area contributed by atoms with E-state index < -0.39 is 0 Å². The van der Waals surface area contributed by atoms with Gasteiger partial charge in [0.2, 0.25) is 0 Å². The summed E-state index contributed by atoms with van der Waals surface area (Å²) in [5, 5.41) is 17.0. The first-order valence-electron chi connectivity index (χ1n) is 6.10. The lowest BCUT2D eigenvalue weighted by molar-refractivity contribution is -0.384. The second-order valence-electron chi connectivity index (χ2n) is 4.04. The molecular weight excluding hydrogens is 262 g/mol. The molecule has 0 unspecified atom stereocenters. The zero-order valence-electron chi connectivity index (χ0n) is 10.6. The summed E-state index contributed by atoms with van der Waals surface area (Å²) >= 11 is 1.59. The molecule has 2 rings (SSSR count). The Morgan fingerprint density at radius 2 is 2.32 bits per heavy atom. The predicted octanol–water partition coefficient (Wildman–Crippen LogP) is 2.87. The number of hydrogen-bond acceptors (Lipinski definition) is 5. The van der Waals surface area contributed by atoms with E-state index in [-0.39, 0.29) is 10.6 Å². The average Bonchev–Trinajstić information content (AvgIpc) is 2.88. The number of nitrogens with one attached hydrogen (secondary N) is 1. The zero-order chi connectivity index (χ0) is 13.7. The van der Waals surface area contributed by atoms with Crippen molar-refractivity contribution in [3.8, 4) is 11.3 Å². The minimum atomic E-state index is -0.387. The highest BCUT2D eigenvalue weighted by atomic mass is 32.1. The monoisotopic (exact) mass is 277 g/mol. The van der Waals surface area contributed by atoms with Crippen LogP contribution in [0, 0.1) is 10.1 Å². The van der Waals surface area contributed by atoms with Crippen LogP contribution in [-0.4, -0.2) is 23.0 Å². The second-order valence-corrected chi connectivity index (χ2v) is 4.98. The lowest BCUT2D eigenvalue weighted by Crippen LogP contribution is -2.15. The van der Waals surface area contributed by atoms with Gasteiger partial charge in [-0.25, -0.2) is 4.98 Å². The van der Waals surface area contributed by atoms with Gasteiger partial charge in [-0.1, -0.05) is 19.1 Å². The number of nitro benzene ring substituents is 1. The number of benzene rings is 1. The standard InChI is InChI=1S/C13H15N3O2S/c1-2-14-7-6-13-15-12(9-19-13)10-4-3-5-11(8-10)16(17)18/h3-5,8-9,14H,2,6-7H2,1H3. The van der Waals surface area contributed by atoms with Crippen molar-refractivity contribution in [3.05, 3.63) is 44.8 Å². The highest BCUT2D eigenvalue weighted by molar-refractivity contribution is 7.09. The van der Waals surface area contributed by atoms with Crippen LogP contribution >= 0.6 is 11.3 Å². The van der Waals surface area contributed by atoms with E-state index in [4.69, 9.17) is 0 Å². The summed E-state index contributed by atoms with van der Waals surface area (Å²) in [6.45, 7) is 3.91. The molecule has 0 aliphatic heterocycles. The molecule has 0 saturated carbocycles. The molecule has 1 aromatic carbocycles. The first kappa shape index (κ1) is 13.6. The first-order chi connectivity index (χ1) is 9.20. The van der Waals surface area contributed by atoms with Crippen molar-refractivity contribution >= 4 is 17.0 Å². The summed E-state index contributed by atoms with van der Waals surface area (Å²) in [6, 6.07) is 6.58. The van der Waals surface area contributed by atoms with Gasteiger partial charge in [-0.05, 0) is 6.54 Å². The summed E-state index contributed by atoms with van der Waals surface area (Å²) < 4.78 is 0. The Labute approximate surface area is 115 Å². The van der Waals surface area contributed by atoms with Gasteiger partial charge in [0.1, 0.15) is 0 Å². The maximum Gasteiger partial charge on any atom is 0.270 e. The van der Waals surface area contributed by atoms with E-state index in [2.05, 4.69) is 17.2 Å². The fraction of sp³-hybridized carbons (Fsp3) is 0.308. The van der Waals surface area contributed by atoms with Gasteiger partial charge in [-0.15, -0.1) is 11.3 Å². The smallest absolute Gasteiger partial charge is 0.270 e. The molecule has 19 heavy (non-hydrogen) atoms. The Morgan fingerprint density at radius 3 is 3.05 bits per heavy atom. The minimum absolute atomic E-state index is 0.0969. The number of nitrogens with zero attached hydrogens (tertiary/aromatic N) is 2. The summed E-state index contributed by atoms with van der Waals surface area (Å²) in [7, 11) is 0. The molecule has 0 spiro atoms. The quantitative estimate of drug-likeness (QED) is 0.501. The highest BCUT2D eigenvalue weighted by Gasteiger charge is 2.09. The Hall–Kier alpha value is -1.79. The van der Waals surface area contributed by atoms with Crippen molar-refractivity contribution in [3.63, 3.8) is 0 Å². The second kappa shape index (κ2) is 6.40. The van der Waals surface area contributed by atoms with Crippen LogP contribution < -0.4 is 5.32 Å². The molecule has 5 nitrogen and oxygen atoms in total. The van der Waals surface area contributed by atoms with E-state index in [0.717, 1.165) is 35.8 Å². The van der Waals surface area contributed by atoms with Crippen LogP contribution in [0.5, 0.6) is 0 Å².